The summed E-state index contributed by atoms with van der Waals surface area (Å²) in [5, 5.41) is 0. The van der Waals surface area contributed by atoms with Gasteiger partial charge in [-0.15, -0.1) is 6.42 Å². The summed E-state index contributed by atoms with van der Waals surface area (Å²) in [6, 6.07) is -0.200. The molecule has 2 heteroatoms. The summed E-state index contributed by atoms with van der Waals surface area (Å²) in [6.45, 7) is 17.2. The zero-order valence-electron chi connectivity index (χ0n) is 14.6. The first-order valence-electron chi connectivity index (χ1n) is 7.68. The molecule has 0 saturated heterocycles. The van der Waals surface area contributed by atoms with Gasteiger partial charge in [0.2, 0.25) is 0 Å². The van der Waals surface area contributed by atoms with Crippen LogP contribution in [0.25, 0.3) is 0 Å². The minimum atomic E-state index is -1.25. The van der Waals surface area contributed by atoms with E-state index in [0.29, 0.717) is 12.8 Å². The number of terminal acetylenes is 1. The molecule has 0 aliphatic carbocycles. The van der Waals surface area contributed by atoms with Crippen LogP contribution in [0, 0.1) is 23.7 Å². The van der Waals surface area contributed by atoms with Crippen molar-refractivity contribution in [3.63, 3.8) is 0 Å². The molecule has 0 saturated carbocycles. The second-order valence-electron chi connectivity index (χ2n) is 4.81. The fraction of sp³-hybridized carbons (Fsp3) is 0.882. The lowest BCUT2D eigenvalue weighted by Gasteiger charge is -2.42. The van der Waals surface area contributed by atoms with Crippen molar-refractivity contribution >= 4 is 0 Å². The second-order valence-corrected chi connectivity index (χ2v) is 4.81. The molecule has 0 aliphatic heterocycles. The maximum atomic E-state index is 14.4. The van der Waals surface area contributed by atoms with Crippen molar-refractivity contribution in [2.75, 3.05) is 0 Å². The van der Waals surface area contributed by atoms with Crippen LogP contribution in [0.3, 0.4) is 0 Å². The standard InChI is InChI=1S/C13H24FN.2C2H6/c1-7-11(13(6,14)9-3)12(5,8-2)10(4)15;2*1-2/h2,10-11H,7,9,15H2,1,3-6H3;2*1-2H3/t10-,11+,12-,13+;;/m1../s1. The highest BCUT2D eigenvalue weighted by atomic mass is 19.1. The van der Waals surface area contributed by atoms with Crippen molar-refractivity contribution in [3.05, 3.63) is 0 Å². The van der Waals surface area contributed by atoms with Gasteiger partial charge in [0.05, 0.1) is 0 Å². The Morgan fingerprint density at radius 3 is 1.68 bits per heavy atom. The van der Waals surface area contributed by atoms with Crippen LogP contribution in [0.5, 0.6) is 0 Å². The molecule has 0 amide bonds. The zero-order valence-corrected chi connectivity index (χ0v) is 14.6. The van der Waals surface area contributed by atoms with E-state index in [1.54, 1.807) is 6.92 Å². The predicted octanol–water partition coefficient (Wildman–Crippen LogP) is 5.19. The third kappa shape index (κ3) is 6.43. The molecule has 0 bridgehead atoms. The van der Waals surface area contributed by atoms with Gasteiger partial charge in [0.25, 0.3) is 0 Å². The molecule has 0 unspecified atom stereocenters. The first kappa shape index (κ1) is 23.5. The summed E-state index contributed by atoms with van der Waals surface area (Å²) in [6.07, 6.45) is 6.72. The molecule has 0 aromatic heterocycles. The van der Waals surface area contributed by atoms with Crippen LogP contribution in [0.1, 0.15) is 75.2 Å². The van der Waals surface area contributed by atoms with Crippen molar-refractivity contribution in [3.8, 4) is 12.3 Å². The number of hydrogen-bond acceptors (Lipinski definition) is 1. The Bertz CT molecular complexity index is 240. The molecule has 0 heterocycles. The Balaban J connectivity index is -0.000000579. The summed E-state index contributed by atoms with van der Waals surface area (Å²) < 4.78 is 14.4. The predicted molar refractivity (Wildman–Crippen MR) is 86.9 cm³/mol. The lowest BCUT2D eigenvalue weighted by molar-refractivity contribution is 0.0223. The number of rotatable bonds is 5. The van der Waals surface area contributed by atoms with Gasteiger partial charge < -0.3 is 5.73 Å². The van der Waals surface area contributed by atoms with Gasteiger partial charge in [-0.3, -0.25) is 0 Å². The summed E-state index contributed by atoms with van der Waals surface area (Å²) in [7, 11) is 0. The second kappa shape index (κ2) is 11.3. The number of halogens is 1. The molecule has 2 N–H and O–H groups in total. The smallest absolute Gasteiger partial charge is 0.112 e. The van der Waals surface area contributed by atoms with Crippen LogP contribution in [-0.4, -0.2) is 11.7 Å². The van der Waals surface area contributed by atoms with Gasteiger partial charge in [-0.1, -0.05) is 47.5 Å². The third-order valence-electron chi connectivity index (χ3n) is 3.81. The van der Waals surface area contributed by atoms with Crippen LogP contribution < -0.4 is 5.73 Å². The van der Waals surface area contributed by atoms with E-state index in [1.165, 1.54) is 0 Å². The Kier molecular flexibility index (Phi) is 14.0. The summed E-state index contributed by atoms with van der Waals surface area (Å²) in [4.78, 5) is 0. The van der Waals surface area contributed by atoms with Gasteiger partial charge in [-0.2, -0.15) is 0 Å². The normalized spacial score (nSPS) is 19.1. The fourth-order valence-electron chi connectivity index (χ4n) is 2.27. The van der Waals surface area contributed by atoms with Gasteiger partial charge in [-0.25, -0.2) is 4.39 Å². The molecule has 0 aromatic carbocycles. The van der Waals surface area contributed by atoms with Crippen molar-refractivity contribution in [1.29, 1.82) is 0 Å². The molecule has 116 valence electrons. The molecule has 0 rings (SSSR count). The largest absolute Gasteiger partial charge is 0.327 e. The van der Waals surface area contributed by atoms with Crippen LogP contribution in [0.4, 0.5) is 4.39 Å². The fourth-order valence-corrected chi connectivity index (χ4v) is 2.27. The first-order chi connectivity index (χ1) is 8.76. The van der Waals surface area contributed by atoms with E-state index < -0.39 is 11.1 Å². The third-order valence-corrected chi connectivity index (χ3v) is 3.81. The van der Waals surface area contributed by atoms with Gasteiger partial charge in [0.15, 0.2) is 0 Å². The molecule has 19 heavy (non-hydrogen) atoms. The van der Waals surface area contributed by atoms with Crippen LogP contribution in [0.2, 0.25) is 0 Å². The minimum Gasteiger partial charge on any atom is -0.327 e. The molecule has 0 radical (unpaired) electrons. The van der Waals surface area contributed by atoms with Crippen LogP contribution in [0.15, 0.2) is 0 Å². The summed E-state index contributed by atoms with van der Waals surface area (Å²) >= 11 is 0. The average molecular weight is 273 g/mol. The molecule has 1 nitrogen and oxygen atoms in total. The Morgan fingerprint density at radius 2 is 1.53 bits per heavy atom. The van der Waals surface area contributed by atoms with E-state index >= 15 is 0 Å². The van der Waals surface area contributed by atoms with Crippen LogP contribution >= 0.6 is 0 Å². The van der Waals surface area contributed by atoms with E-state index in [4.69, 9.17) is 12.2 Å². The number of hydrogen-bond donors (Lipinski definition) is 1. The Hall–Kier alpha value is -0.550. The lowest BCUT2D eigenvalue weighted by atomic mass is 9.65. The van der Waals surface area contributed by atoms with Crippen molar-refractivity contribution in [1.82, 2.24) is 0 Å². The molecule has 4 atom stereocenters. The van der Waals surface area contributed by atoms with Crippen molar-refractivity contribution in [2.45, 2.75) is 86.9 Å². The molecule has 0 aromatic rings. The quantitative estimate of drug-likeness (QED) is 0.685. The monoisotopic (exact) mass is 273 g/mol. The van der Waals surface area contributed by atoms with Gasteiger partial charge in [-0.05, 0) is 33.6 Å². The first-order valence-corrected chi connectivity index (χ1v) is 7.68. The Morgan fingerprint density at radius 1 is 1.16 bits per heavy atom. The van der Waals surface area contributed by atoms with Gasteiger partial charge in [0, 0.05) is 17.4 Å². The van der Waals surface area contributed by atoms with E-state index in [0.717, 1.165) is 0 Å². The van der Waals surface area contributed by atoms with Crippen molar-refractivity contribution in [2.24, 2.45) is 17.1 Å². The highest BCUT2D eigenvalue weighted by Gasteiger charge is 2.45. The highest BCUT2D eigenvalue weighted by Crippen LogP contribution is 2.42. The molecule has 0 aliphatic rings. The molecule has 0 spiro atoms. The van der Waals surface area contributed by atoms with Gasteiger partial charge in [0.1, 0.15) is 5.67 Å². The van der Waals surface area contributed by atoms with E-state index in [-0.39, 0.29) is 12.0 Å². The van der Waals surface area contributed by atoms with Crippen molar-refractivity contribution < 1.29 is 4.39 Å². The summed E-state index contributed by atoms with van der Waals surface area (Å²) in [5.41, 5.74) is 4.08. The van der Waals surface area contributed by atoms with Crippen LogP contribution in [-0.2, 0) is 0 Å². The van der Waals surface area contributed by atoms with E-state index in [2.05, 4.69) is 5.92 Å². The van der Waals surface area contributed by atoms with E-state index in [1.807, 2.05) is 55.4 Å². The van der Waals surface area contributed by atoms with Gasteiger partial charge >= 0.3 is 0 Å². The zero-order chi connectivity index (χ0) is 16.3. The number of alkyl halides is 1. The maximum Gasteiger partial charge on any atom is 0.112 e. The maximum absolute atomic E-state index is 14.4. The topological polar surface area (TPSA) is 26.0 Å². The van der Waals surface area contributed by atoms with E-state index in [9.17, 15) is 4.39 Å². The average Bonchev–Trinajstić information content (AvgIpc) is 2.43. The number of nitrogens with two attached hydrogens (primary N) is 1. The highest BCUT2D eigenvalue weighted by molar-refractivity contribution is 5.13. The lowest BCUT2D eigenvalue weighted by Crippen LogP contribution is -2.49. The minimum absolute atomic E-state index is 0.194. The molecular weight excluding hydrogens is 237 g/mol. The molecule has 0 fully saturated rings. The SMILES string of the molecule is C#C[C@](C)([C@@H](C)N)[C@H](CC)[C@@](C)(F)CC.CC.CC. The molecular formula is C17H36FN. The Labute approximate surface area is 121 Å². The summed E-state index contributed by atoms with van der Waals surface area (Å²) in [5.74, 6) is 2.51.